The zero-order valence-corrected chi connectivity index (χ0v) is 15.8. The zero-order chi connectivity index (χ0) is 19.9. The largest absolute Gasteiger partial charge is 0.489 e. The maximum Gasteiger partial charge on any atom is 0.271 e. The molecule has 0 saturated heterocycles. The predicted octanol–water partition coefficient (Wildman–Crippen LogP) is 5.18. The lowest BCUT2D eigenvalue weighted by atomic mass is 10.0. The molecule has 4 aromatic rings. The summed E-state index contributed by atoms with van der Waals surface area (Å²) in [6.07, 6.45) is 1.62. The van der Waals surface area contributed by atoms with Crippen molar-refractivity contribution in [2.45, 2.75) is 6.61 Å². The second-order valence-corrected chi connectivity index (χ2v) is 6.57. The summed E-state index contributed by atoms with van der Waals surface area (Å²) in [5, 5.41) is 6.01. The molecule has 4 aromatic carbocycles. The Hall–Kier alpha value is -3.92. The normalized spacial score (nSPS) is 10.9. The number of rotatable bonds is 6. The van der Waals surface area contributed by atoms with Crippen LogP contribution >= 0.6 is 0 Å². The molecule has 0 bridgehead atoms. The molecule has 4 rings (SSSR count). The molecule has 0 aliphatic heterocycles. The fourth-order valence-corrected chi connectivity index (χ4v) is 3.04. The van der Waals surface area contributed by atoms with Crippen LogP contribution < -0.4 is 10.2 Å². The van der Waals surface area contributed by atoms with Gasteiger partial charge in [-0.05, 0) is 52.2 Å². The summed E-state index contributed by atoms with van der Waals surface area (Å²) >= 11 is 0. The van der Waals surface area contributed by atoms with E-state index in [9.17, 15) is 4.79 Å². The van der Waals surface area contributed by atoms with E-state index in [0.717, 1.165) is 27.6 Å². The van der Waals surface area contributed by atoms with Gasteiger partial charge in [-0.15, -0.1) is 0 Å². The highest BCUT2D eigenvalue weighted by Gasteiger charge is 2.08. The molecular formula is C25H20N2O2. The van der Waals surface area contributed by atoms with E-state index in [1.54, 1.807) is 12.3 Å². The topological polar surface area (TPSA) is 50.7 Å². The van der Waals surface area contributed by atoms with Crippen LogP contribution in [0.25, 0.3) is 10.8 Å². The predicted molar refractivity (Wildman–Crippen MR) is 116 cm³/mol. The van der Waals surface area contributed by atoms with Crippen LogP contribution in [-0.2, 0) is 6.61 Å². The molecule has 29 heavy (non-hydrogen) atoms. The first-order valence-electron chi connectivity index (χ1n) is 9.37. The van der Waals surface area contributed by atoms with Crippen molar-refractivity contribution in [3.8, 4) is 5.75 Å². The summed E-state index contributed by atoms with van der Waals surface area (Å²) in [6, 6.07) is 31.0. The molecule has 0 atom stereocenters. The highest BCUT2D eigenvalue weighted by molar-refractivity contribution is 6.07. The second kappa shape index (κ2) is 8.85. The Morgan fingerprint density at radius 1 is 0.828 bits per heavy atom. The van der Waals surface area contributed by atoms with Crippen molar-refractivity contribution < 1.29 is 9.53 Å². The summed E-state index contributed by atoms with van der Waals surface area (Å²) in [7, 11) is 0. The molecule has 0 aliphatic carbocycles. The lowest BCUT2D eigenvalue weighted by molar-refractivity contribution is 0.0957. The van der Waals surface area contributed by atoms with Gasteiger partial charge < -0.3 is 4.74 Å². The Morgan fingerprint density at radius 3 is 2.38 bits per heavy atom. The van der Waals surface area contributed by atoms with Gasteiger partial charge >= 0.3 is 0 Å². The maximum atomic E-state index is 12.5. The number of benzene rings is 4. The number of nitrogens with zero attached hydrogens (tertiary/aromatic N) is 1. The van der Waals surface area contributed by atoms with Crippen LogP contribution in [0.4, 0.5) is 0 Å². The van der Waals surface area contributed by atoms with E-state index in [4.69, 9.17) is 4.74 Å². The number of ether oxygens (including phenoxy) is 1. The molecule has 0 aromatic heterocycles. The van der Waals surface area contributed by atoms with Crippen LogP contribution in [-0.4, -0.2) is 12.1 Å². The first-order chi connectivity index (χ1) is 14.3. The molecule has 4 heteroatoms. The first kappa shape index (κ1) is 18.4. The monoisotopic (exact) mass is 380 g/mol. The number of fused-ring (bicyclic) bond motifs is 1. The van der Waals surface area contributed by atoms with Crippen molar-refractivity contribution in [1.29, 1.82) is 0 Å². The number of amides is 1. The lowest BCUT2D eigenvalue weighted by Crippen LogP contribution is -2.17. The molecular weight excluding hydrogens is 360 g/mol. The van der Waals surface area contributed by atoms with Crippen LogP contribution in [0.5, 0.6) is 5.75 Å². The zero-order valence-electron chi connectivity index (χ0n) is 15.8. The van der Waals surface area contributed by atoms with Crippen LogP contribution in [0.3, 0.4) is 0 Å². The Kier molecular flexibility index (Phi) is 5.63. The summed E-state index contributed by atoms with van der Waals surface area (Å²) in [4.78, 5) is 12.5. The fraction of sp³-hybridized carbons (Fsp3) is 0.0400. The van der Waals surface area contributed by atoms with Gasteiger partial charge in [0.05, 0.1) is 6.21 Å². The average molecular weight is 380 g/mol. The van der Waals surface area contributed by atoms with E-state index in [-0.39, 0.29) is 5.91 Å². The van der Waals surface area contributed by atoms with Crippen molar-refractivity contribution in [2.24, 2.45) is 5.10 Å². The van der Waals surface area contributed by atoms with Crippen LogP contribution in [0.15, 0.2) is 102 Å². The molecule has 142 valence electrons. The lowest BCUT2D eigenvalue weighted by Gasteiger charge is -2.06. The van der Waals surface area contributed by atoms with Crippen molar-refractivity contribution in [1.82, 2.24) is 5.43 Å². The van der Waals surface area contributed by atoms with Crippen LogP contribution in [0.1, 0.15) is 21.5 Å². The molecule has 0 spiro atoms. The number of hydrazone groups is 1. The van der Waals surface area contributed by atoms with E-state index >= 15 is 0 Å². The third-order valence-corrected chi connectivity index (χ3v) is 4.54. The van der Waals surface area contributed by atoms with E-state index in [2.05, 4.69) is 10.5 Å². The highest BCUT2D eigenvalue weighted by atomic mass is 16.5. The molecule has 4 nitrogen and oxygen atoms in total. The second-order valence-electron chi connectivity index (χ2n) is 6.57. The van der Waals surface area contributed by atoms with Gasteiger partial charge in [0.1, 0.15) is 12.4 Å². The van der Waals surface area contributed by atoms with E-state index in [1.165, 1.54) is 0 Å². The van der Waals surface area contributed by atoms with Gasteiger partial charge in [0.15, 0.2) is 0 Å². The standard InChI is InChI=1S/C25H20N2O2/c28-25(24-12-6-10-21-9-4-5-11-23(21)24)27-26-17-19-13-15-22(16-14-19)29-18-20-7-2-1-3-8-20/h1-17H,18H2,(H,27,28)/b26-17-. The Morgan fingerprint density at radius 2 is 1.55 bits per heavy atom. The van der Waals surface area contributed by atoms with Gasteiger partial charge in [-0.25, -0.2) is 5.43 Å². The first-order valence-corrected chi connectivity index (χ1v) is 9.37. The molecule has 1 amide bonds. The Labute approximate surface area is 169 Å². The van der Waals surface area contributed by atoms with Crippen molar-refractivity contribution >= 4 is 22.9 Å². The number of carbonyl (C=O) groups is 1. The summed E-state index contributed by atoms with van der Waals surface area (Å²) in [6.45, 7) is 0.523. The molecule has 0 radical (unpaired) electrons. The van der Waals surface area contributed by atoms with Gasteiger partial charge in [-0.1, -0.05) is 66.7 Å². The van der Waals surface area contributed by atoms with Crippen molar-refractivity contribution in [3.05, 3.63) is 114 Å². The van der Waals surface area contributed by atoms with Gasteiger partial charge in [0.2, 0.25) is 0 Å². The molecule has 0 unspecified atom stereocenters. The molecule has 0 fully saturated rings. The minimum Gasteiger partial charge on any atom is -0.489 e. The number of hydrogen-bond donors (Lipinski definition) is 1. The van der Waals surface area contributed by atoms with Gasteiger partial charge in [-0.2, -0.15) is 5.10 Å². The fourth-order valence-electron chi connectivity index (χ4n) is 3.04. The number of carbonyl (C=O) groups excluding carboxylic acids is 1. The maximum absolute atomic E-state index is 12.5. The smallest absolute Gasteiger partial charge is 0.271 e. The van der Waals surface area contributed by atoms with Gasteiger partial charge in [0.25, 0.3) is 5.91 Å². The average Bonchev–Trinajstić information content (AvgIpc) is 2.79. The highest BCUT2D eigenvalue weighted by Crippen LogP contribution is 2.18. The quantitative estimate of drug-likeness (QED) is 0.370. The van der Waals surface area contributed by atoms with E-state index < -0.39 is 0 Å². The van der Waals surface area contributed by atoms with E-state index in [1.807, 2.05) is 91.0 Å². The van der Waals surface area contributed by atoms with Crippen LogP contribution in [0, 0.1) is 0 Å². The minimum absolute atomic E-state index is 0.235. The van der Waals surface area contributed by atoms with E-state index in [0.29, 0.717) is 12.2 Å². The molecule has 1 N–H and O–H groups in total. The van der Waals surface area contributed by atoms with Crippen molar-refractivity contribution in [3.63, 3.8) is 0 Å². The minimum atomic E-state index is -0.235. The number of hydrogen-bond acceptors (Lipinski definition) is 3. The summed E-state index contributed by atoms with van der Waals surface area (Å²) in [5.74, 6) is 0.548. The van der Waals surface area contributed by atoms with Gasteiger partial charge in [-0.3, -0.25) is 4.79 Å². The summed E-state index contributed by atoms with van der Waals surface area (Å²) in [5.41, 5.74) is 5.19. The molecule has 0 heterocycles. The molecule has 0 saturated carbocycles. The Balaban J connectivity index is 1.36. The third kappa shape index (κ3) is 4.68. The third-order valence-electron chi connectivity index (χ3n) is 4.54. The summed E-state index contributed by atoms with van der Waals surface area (Å²) < 4.78 is 5.77. The number of nitrogens with one attached hydrogen (secondary N) is 1. The van der Waals surface area contributed by atoms with Gasteiger partial charge in [0, 0.05) is 5.56 Å². The Bertz CT molecular complexity index is 1130. The molecule has 0 aliphatic rings. The van der Waals surface area contributed by atoms with Crippen molar-refractivity contribution in [2.75, 3.05) is 0 Å². The van der Waals surface area contributed by atoms with Crippen LogP contribution in [0.2, 0.25) is 0 Å². The SMILES string of the molecule is O=C(N/N=C\c1ccc(OCc2ccccc2)cc1)c1cccc2ccccc12.